The van der Waals surface area contributed by atoms with Crippen LogP contribution in [0.15, 0.2) is 65.7 Å². The molecular formula is C20H17ClFN3O3S. The van der Waals surface area contributed by atoms with Crippen molar-refractivity contribution in [2.24, 2.45) is 5.14 Å². The van der Waals surface area contributed by atoms with E-state index in [1.165, 1.54) is 24.3 Å². The first-order valence-corrected chi connectivity index (χ1v) is 10.5. The number of nitrogens with two attached hydrogens (primary N) is 1. The Hall–Kier alpha value is -2.81. The highest BCUT2D eigenvalue weighted by atomic mass is 35.5. The highest BCUT2D eigenvalue weighted by Crippen LogP contribution is 2.26. The number of benzene rings is 2. The quantitative estimate of drug-likeness (QED) is 0.623. The molecule has 3 N–H and O–H groups in total. The summed E-state index contributed by atoms with van der Waals surface area (Å²) in [7, 11) is -3.74. The largest absolute Gasteiger partial charge is 0.352 e. The molecule has 9 heteroatoms. The minimum absolute atomic E-state index is 0.0143. The normalized spacial score (nSPS) is 11.3. The third-order valence-corrected chi connectivity index (χ3v) is 5.43. The SMILES string of the molecule is NS(=O)(=O)c1ccc(CCNC(=O)c2ccc(-c3ncccc3Cl)cc2F)cc1. The number of carbonyl (C=O) groups excluding carboxylic acids is 1. The molecule has 1 heterocycles. The fourth-order valence-corrected chi connectivity index (χ4v) is 3.45. The van der Waals surface area contributed by atoms with E-state index in [9.17, 15) is 17.6 Å². The van der Waals surface area contributed by atoms with E-state index in [2.05, 4.69) is 10.3 Å². The van der Waals surface area contributed by atoms with Crippen molar-refractivity contribution in [2.45, 2.75) is 11.3 Å². The van der Waals surface area contributed by atoms with Crippen molar-refractivity contribution < 1.29 is 17.6 Å². The van der Waals surface area contributed by atoms with Gasteiger partial charge in [-0.15, -0.1) is 0 Å². The van der Waals surface area contributed by atoms with Crippen LogP contribution in [0.1, 0.15) is 15.9 Å². The zero-order chi connectivity index (χ0) is 21.0. The van der Waals surface area contributed by atoms with Gasteiger partial charge in [0.2, 0.25) is 10.0 Å². The molecule has 0 saturated heterocycles. The molecule has 1 aromatic heterocycles. The number of halogens is 2. The van der Waals surface area contributed by atoms with Gasteiger partial charge in [0.25, 0.3) is 5.91 Å². The molecule has 2 aromatic carbocycles. The number of hydrogen-bond acceptors (Lipinski definition) is 4. The molecule has 1 amide bonds. The van der Waals surface area contributed by atoms with Crippen LogP contribution >= 0.6 is 11.6 Å². The Kier molecular flexibility index (Phi) is 6.26. The zero-order valence-corrected chi connectivity index (χ0v) is 16.7. The van der Waals surface area contributed by atoms with Crippen molar-refractivity contribution in [2.75, 3.05) is 6.54 Å². The lowest BCUT2D eigenvalue weighted by Crippen LogP contribution is -2.26. The summed E-state index contributed by atoms with van der Waals surface area (Å²) < 4.78 is 36.9. The Morgan fingerprint density at radius 3 is 2.48 bits per heavy atom. The smallest absolute Gasteiger partial charge is 0.254 e. The molecule has 0 aliphatic rings. The van der Waals surface area contributed by atoms with Crippen LogP contribution in [0.5, 0.6) is 0 Å². The van der Waals surface area contributed by atoms with E-state index in [1.807, 2.05) is 0 Å². The van der Waals surface area contributed by atoms with Gasteiger partial charge in [-0.3, -0.25) is 9.78 Å². The van der Waals surface area contributed by atoms with Gasteiger partial charge in [0.15, 0.2) is 0 Å². The highest BCUT2D eigenvalue weighted by molar-refractivity contribution is 7.89. The molecule has 3 rings (SSSR count). The number of aromatic nitrogens is 1. The molecule has 29 heavy (non-hydrogen) atoms. The molecule has 0 aliphatic heterocycles. The molecule has 0 unspecified atom stereocenters. The third kappa shape index (κ3) is 5.17. The fourth-order valence-electron chi connectivity index (χ4n) is 2.71. The van der Waals surface area contributed by atoms with Gasteiger partial charge >= 0.3 is 0 Å². The first-order chi connectivity index (χ1) is 13.8. The predicted octanol–water partition coefficient (Wildman–Crippen LogP) is 3.16. The summed E-state index contributed by atoms with van der Waals surface area (Å²) in [4.78, 5) is 16.4. The predicted molar refractivity (Wildman–Crippen MR) is 108 cm³/mol. The summed E-state index contributed by atoms with van der Waals surface area (Å²) in [5.41, 5.74) is 1.62. The maximum absolute atomic E-state index is 14.4. The van der Waals surface area contributed by atoms with Gasteiger partial charge < -0.3 is 5.32 Å². The molecule has 6 nitrogen and oxygen atoms in total. The molecule has 0 spiro atoms. The average molecular weight is 434 g/mol. The first-order valence-electron chi connectivity index (χ1n) is 8.56. The van der Waals surface area contributed by atoms with Crippen LogP contribution in [0.4, 0.5) is 4.39 Å². The summed E-state index contributed by atoms with van der Waals surface area (Å²) in [5.74, 6) is -1.23. The van der Waals surface area contributed by atoms with Crippen LogP contribution in [0.25, 0.3) is 11.3 Å². The van der Waals surface area contributed by atoms with Gasteiger partial charge in [-0.2, -0.15) is 0 Å². The van der Waals surface area contributed by atoms with Gasteiger partial charge in [-0.05, 0) is 48.4 Å². The number of pyridine rings is 1. The maximum atomic E-state index is 14.4. The maximum Gasteiger partial charge on any atom is 0.254 e. The molecule has 0 aliphatic carbocycles. The van der Waals surface area contributed by atoms with E-state index in [-0.39, 0.29) is 17.0 Å². The Labute approximate surface area is 172 Å². The number of primary sulfonamides is 1. The number of sulfonamides is 1. The second kappa shape index (κ2) is 8.69. The molecule has 3 aromatic rings. The summed E-state index contributed by atoms with van der Waals surface area (Å²) in [6.45, 7) is 0.251. The number of carbonyl (C=O) groups is 1. The van der Waals surface area contributed by atoms with Crippen molar-refractivity contribution in [3.05, 3.63) is 82.8 Å². The molecule has 150 valence electrons. The van der Waals surface area contributed by atoms with Crippen LogP contribution in [0.2, 0.25) is 5.02 Å². The van der Waals surface area contributed by atoms with Crippen molar-refractivity contribution >= 4 is 27.5 Å². The number of rotatable bonds is 6. The van der Waals surface area contributed by atoms with Crippen LogP contribution in [-0.4, -0.2) is 25.9 Å². The standard InChI is InChI=1S/C20H17ClFN3O3S/c21-17-2-1-10-24-19(17)14-5-8-16(18(22)12-14)20(26)25-11-9-13-3-6-15(7-4-13)29(23,27)28/h1-8,10,12H,9,11H2,(H,25,26)(H2,23,27,28). The van der Waals surface area contributed by atoms with E-state index in [0.29, 0.717) is 22.7 Å². The minimum Gasteiger partial charge on any atom is -0.352 e. The van der Waals surface area contributed by atoms with Gasteiger partial charge in [0.1, 0.15) is 5.82 Å². The summed E-state index contributed by atoms with van der Waals surface area (Å²) in [6.07, 6.45) is 2.00. The fraction of sp³-hybridized carbons (Fsp3) is 0.100. The lowest BCUT2D eigenvalue weighted by atomic mass is 10.1. The van der Waals surface area contributed by atoms with E-state index in [0.717, 1.165) is 5.56 Å². The molecule has 0 bridgehead atoms. The van der Waals surface area contributed by atoms with Crippen LogP contribution < -0.4 is 10.5 Å². The second-order valence-corrected chi connectivity index (χ2v) is 8.19. The highest BCUT2D eigenvalue weighted by Gasteiger charge is 2.14. The number of nitrogens with zero attached hydrogens (tertiary/aromatic N) is 1. The lowest BCUT2D eigenvalue weighted by molar-refractivity contribution is 0.0950. The van der Waals surface area contributed by atoms with Crippen molar-refractivity contribution in [1.82, 2.24) is 10.3 Å². The summed E-state index contributed by atoms with van der Waals surface area (Å²) in [6, 6.07) is 13.5. The number of nitrogens with one attached hydrogen (secondary N) is 1. The van der Waals surface area contributed by atoms with Gasteiger partial charge in [0, 0.05) is 18.3 Å². The first kappa shape index (κ1) is 20.9. The summed E-state index contributed by atoms with van der Waals surface area (Å²) in [5, 5.41) is 8.08. The van der Waals surface area contributed by atoms with Gasteiger partial charge in [0.05, 0.1) is 21.2 Å². The van der Waals surface area contributed by atoms with Crippen LogP contribution in [-0.2, 0) is 16.4 Å². The van der Waals surface area contributed by atoms with Gasteiger partial charge in [-0.1, -0.05) is 29.8 Å². The topological polar surface area (TPSA) is 102 Å². The molecule has 0 atom stereocenters. The second-order valence-electron chi connectivity index (χ2n) is 6.22. The Bertz CT molecular complexity index is 1150. The summed E-state index contributed by atoms with van der Waals surface area (Å²) >= 11 is 6.07. The van der Waals surface area contributed by atoms with Crippen molar-refractivity contribution in [1.29, 1.82) is 0 Å². The lowest BCUT2D eigenvalue weighted by Gasteiger charge is -2.09. The monoisotopic (exact) mass is 433 g/mol. The number of amides is 1. The molecular weight excluding hydrogens is 417 g/mol. The van der Waals surface area contributed by atoms with Gasteiger partial charge in [-0.25, -0.2) is 17.9 Å². The van der Waals surface area contributed by atoms with E-state index < -0.39 is 21.7 Å². The van der Waals surface area contributed by atoms with E-state index >= 15 is 0 Å². The molecule has 0 fully saturated rings. The third-order valence-electron chi connectivity index (χ3n) is 4.20. The Morgan fingerprint density at radius 1 is 1.14 bits per heavy atom. The van der Waals surface area contributed by atoms with Crippen LogP contribution in [0, 0.1) is 5.82 Å². The van der Waals surface area contributed by atoms with Crippen molar-refractivity contribution in [3.63, 3.8) is 0 Å². The van der Waals surface area contributed by atoms with Crippen LogP contribution in [0.3, 0.4) is 0 Å². The minimum atomic E-state index is -3.74. The van der Waals surface area contributed by atoms with E-state index in [1.54, 1.807) is 36.5 Å². The zero-order valence-electron chi connectivity index (χ0n) is 15.1. The average Bonchev–Trinajstić information content (AvgIpc) is 2.68. The van der Waals surface area contributed by atoms with E-state index in [4.69, 9.17) is 16.7 Å². The number of hydrogen-bond donors (Lipinski definition) is 2. The molecule has 0 saturated carbocycles. The Morgan fingerprint density at radius 2 is 1.86 bits per heavy atom. The van der Waals surface area contributed by atoms with Crippen molar-refractivity contribution in [3.8, 4) is 11.3 Å². The molecule has 0 radical (unpaired) electrons. The Balaban J connectivity index is 1.63.